The molecule has 0 saturated carbocycles. The van der Waals surface area contributed by atoms with Gasteiger partial charge in [-0.15, -0.1) is 0 Å². The second kappa shape index (κ2) is 12.7. The number of pyridine rings is 2. The van der Waals surface area contributed by atoms with E-state index in [0.717, 1.165) is 67.3 Å². The molecule has 10 nitrogen and oxygen atoms in total. The van der Waals surface area contributed by atoms with Crippen molar-refractivity contribution in [2.75, 3.05) is 34.7 Å². The molecular formula is C28H29F2IN7O3-. The number of alkyl halides is 2. The first kappa shape index (κ1) is 27.9. The van der Waals surface area contributed by atoms with Gasteiger partial charge in [-0.2, -0.15) is 8.78 Å². The van der Waals surface area contributed by atoms with Crippen LogP contribution in [0.5, 0.6) is 0 Å². The van der Waals surface area contributed by atoms with E-state index >= 15 is 0 Å². The monoisotopic (exact) mass is 676 g/mol. The van der Waals surface area contributed by atoms with Gasteiger partial charge in [0, 0.05) is 0 Å². The van der Waals surface area contributed by atoms with Gasteiger partial charge in [0.25, 0.3) is 0 Å². The van der Waals surface area contributed by atoms with Crippen LogP contribution in [0.25, 0.3) is 22.6 Å². The van der Waals surface area contributed by atoms with Gasteiger partial charge in [0.2, 0.25) is 0 Å². The van der Waals surface area contributed by atoms with Crippen molar-refractivity contribution >= 4 is 11.4 Å². The van der Waals surface area contributed by atoms with Crippen LogP contribution in [-0.4, -0.2) is 66.9 Å². The van der Waals surface area contributed by atoms with Crippen molar-refractivity contribution in [1.82, 2.24) is 25.1 Å². The number of hydrogen-bond acceptors (Lipinski definition) is 10. The number of anilines is 2. The molecule has 0 spiro atoms. The van der Waals surface area contributed by atoms with E-state index in [1.807, 2.05) is 30.5 Å². The molecule has 0 atom stereocenters. The molecule has 6 rings (SSSR count). The SMILES string of the molecule is O[I-]N(c1cc(-c2cccnc2)ccc1NCc1ccc(-c2nnc(C(F)F)o2)cn1)C1CCN(C2COC2)CC1. The molecule has 216 valence electrons. The van der Waals surface area contributed by atoms with E-state index < -0.39 is 34.2 Å². The Hall–Kier alpha value is -3.27. The van der Waals surface area contributed by atoms with Crippen molar-refractivity contribution in [2.24, 2.45) is 0 Å². The zero-order valence-electron chi connectivity index (χ0n) is 22.0. The molecule has 2 aliphatic heterocycles. The molecule has 0 aliphatic carbocycles. The van der Waals surface area contributed by atoms with Gasteiger partial charge in [0.1, 0.15) is 0 Å². The number of nitrogens with one attached hydrogen (secondary N) is 1. The average molecular weight is 676 g/mol. The molecule has 2 saturated heterocycles. The van der Waals surface area contributed by atoms with Crippen molar-refractivity contribution < 1.29 is 43.3 Å². The zero-order valence-corrected chi connectivity index (χ0v) is 24.2. The number of benzene rings is 1. The number of halogens is 3. The Morgan fingerprint density at radius 2 is 1.88 bits per heavy atom. The number of rotatable bonds is 10. The second-order valence-corrected chi connectivity index (χ2v) is 11.4. The van der Waals surface area contributed by atoms with Crippen molar-refractivity contribution in [3.8, 4) is 22.6 Å². The van der Waals surface area contributed by atoms with E-state index in [2.05, 4.69) is 39.6 Å². The number of likely N-dealkylation sites (tertiary alicyclic amines) is 1. The summed E-state index contributed by atoms with van der Waals surface area (Å²) in [6.45, 7) is 4.01. The van der Waals surface area contributed by atoms with Crippen LogP contribution in [0.4, 0.5) is 20.2 Å². The number of nitrogens with zero attached hydrogens (tertiary/aromatic N) is 6. The Labute approximate surface area is 246 Å². The summed E-state index contributed by atoms with van der Waals surface area (Å²) in [6.07, 6.45) is 4.23. The quantitative estimate of drug-likeness (QED) is 0.189. The van der Waals surface area contributed by atoms with E-state index in [1.54, 1.807) is 18.3 Å². The summed E-state index contributed by atoms with van der Waals surface area (Å²) >= 11 is -1.24. The third-order valence-electron chi connectivity index (χ3n) is 7.42. The Morgan fingerprint density at radius 1 is 1.05 bits per heavy atom. The first-order valence-electron chi connectivity index (χ1n) is 13.3. The fourth-order valence-corrected chi connectivity index (χ4v) is 6.60. The van der Waals surface area contributed by atoms with Crippen LogP contribution in [0.2, 0.25) is 0 Å². The van der Waals surface area contributed by atoms with E-state index in [9.17, 15) is 12.2 Å². The summed E-state index contributed by atoms with van der Waals surface area (Å²) in [4.78, 5) is 11.2. The molecule has 0 bridgehead atoms. The van der Waals surface area contributed by atoms with Crippen molar-refractivity contribution in [3.63, 3.8) is 0 Å². The fraction of sp³-hybridized carbons (Fsp3) is 0.357. The van der Waals surface area contributed by atoms with E-state index in [-0.39, 0.29) is 11.9 Å². The number of aromatic nitrogens is 4. The van der Waals surface area contributed by atoms with E-state index in [1.165, 1.54) is 6.20 Å². The van der Waals surface area contributed by atoms with Crippen LogP contribution < -0.4 is 30.3 Å². The van der Waals surface area contributed by atoms with Crippen molar-refractivity contribution in [2.45, 2.75) is 37.9 Å². The summed E-state index contributed by atoms with van der Waals surface area (Å²) in [7, 11) is 0. The normalized spacial score (nSPS) is 16.7. The predicted molar refractivity (Wildman–Crippen MR) is 143 cm³/mol. The number of piperidine rings is 1. The van der Waals surface area contributed by atoms with Crippen molar-refractivity contribution in [1.29, 1.82) is 0 Å². The fourth-order valence-electron chi connectivity index (χ4n) is 5.06. The van der Waals surface area contributed by atoms with E-state index in [4.69, 9.17) is 9.15 Å². The molecule has 3 aromatic heterocycles. The van der Waals surface area contributed by atoms with Crippen LogP contribution in [0, 0.1) is 0 Å². The van der Waals surface area contributed by atoms with Crippen LogP contribution in [0.3, 0.4) is 0 Å². The molecule has 0 amide bonds. The topological polar surface area (TPSA) is 113 Å². The first-order chi connectivity index (χ1) is 20.1. The molecule has 2 aliphatic rings. The predicted octanol–water partition coefficient (Wildman–Crippen LogP) is 1.32. The van der Waals surface area contributed by atoms with Gasteiger partial charge >= 0.3 is 239 Å². The maximum atomic E-state index is 12.8. The summed E-state index contributed by atoms with van der Waals surface area (Å²) in [6, 6.07) is 14.4. The Bertz CT molecular complexity index is 1430. The average Bonchev–Trinajstić information content (AvgIpc) is 3.49. The molecule has 13 heteroatoms. The Morgan fingerprint density at radius 3 is 2.51 bits per heavy atom. The second-order valence-electron chi connectivity index (χ2n) is 9.96. The number of ether oxygens (including phenoxy) is 1. The van der Waals surface area contributed by atoms with E-state index in [0.29, 0.717) is 18.2 Å². The summed E-state index contributed by atoms with van der Waals surface area (Å²) in [5, 5.41) is 10.5. The molecule has 2 fully saturated rings. The molecule has 1 aromatic carbocycles. The Kier molecular flexibility index (Phi) is 8.64. The van der Waals surface area contributed by atoms with Crippen molar-refractivity contribution in [3.05, 3.63) is 72.6 Å². The van der Waals surface area contributed by atoms with Gasteiger partial charge in [-0.1, -0.05) is 0 Å². The van der Waals surface area contributed by atoms with Gasteiger partial charge in [-0.05, 0) is 0 Å². The van der Waals surface area contributed by atoms with Gasteiger partial charge in [0.15, 0.2) is 0 Å². The zero-order chi connectivity index (χ0) is 28.2. The standard InChI is InChI=1S/C28H29F2IN7O3/c29-26(30)28-36-35-27(41-28)20-3-5-21(33-14-20)15-34-24-6-4-18(19-2-1-9-32-13-19)12-25(24)38(31-39)22-7-10-37(11-8-22)23-16-40-17-23/h1-6,9,12-14,22-23,26,34,39H,7-8,10-11,15-17H2/q-1. The van der Waals surface area contributed by atoms with Crippen LogP contribution in [0.1, 0.15) is 30.9 Å². The summed E-state index contributed by atoms with van der Waals surface area (Å²) < 4.78 is 48.9. The maximum absolute atomic E-state index is 12.8. The molecule has 0 radical (unpaired) electrons. The molecule has 2 N–H and O–H groups in total. The van der Waals surface area contributed by atoms with Gasteiger partial charge in [-0.25, -0.2) is 0 Å². The van der Waals surface area contributed by atoms with Gasteiger partial charge < -0.3 is 0 Å². The van der Waals surface area contributed by atoms with Gasteiger partial charge in [0.05, 0.1) is 0 Å². The van der Waals surface area contributed by atoms with Crippen LogP contribution in [0.15, 0.2) is 65.5 Å². The van der Waals surface area contributed by atoms with Crippen LogP contribution in [-0.2, 0) is 11.3 Å². The first-order valence-corrected chi connectivity index (χ1v) is 15.3. The van der Waals surface area contributed by atoms with Crippen LogP contribution >= 0.6 is 0 Å². The summed E-state index contributed by atoms with van der Waals surface area (Å²) in [5.41, 5.74) is 5.08. The molecule has 41 heavy (non-hydrogen) atoms. The number of hydrogen-bond donors (Lipinski definition) is 2. The molecular weight excluding hydrogens is 647 g/mol. The molecule has 5 heterocycles. The minimum absolute atomic E-state index is 0.000942. The Balaban J connectivity index is 1.21. The molecule has 0 unspecified atom stereocenters. The minimum atomic E-state index is -2.82. The van der Waals surface area contributed by atoms with Gasteiger partial charge in [-0.3, -0.25) is 0 Å². The molecule has 4 aromatic rings. The third kappa shape index (κ3) is 6.32. The summed E-state index contributed by atoms with van der Waals surface area (Å²) in [5.74, 6) is -0.717. The third-order valence-corrected chi connectivity index (χ3v) is 9.19.